The van der Waals surface area contributed by atoms with Gasteiger partial charge in [0.05, 0.1) is 0 Å². The van der Waals surface area contributed by atoms with Crippen LogP contribution in [-0.2, 0) is 5.41 Å². The molecule has 104 valence electrons. The van der Waals surface area contributed by atoms with E-state index < -0.39 is 0 Å². The van der Waals surface area contributed by atoms with Gasteiger partial charge in [-0.3, -0.25) is 0 Å². The van der Waals surface area contributed by atoms with Gasteiger partial charge in [-0.15, -0.1) is 0 Å². The minimum atomic E-state index is 0.146. The summed E-state index contributed by atoms with van der Waals surface area (Å²) in [7, 11) is 0. The highest BCUT2D eigenvalue weighted by atomic mass is 16.7. The molecule has 1 aromatic rings. The molecule has 1 aliphatic heterocycles. The summed E-state index contributed by atoms with van der Waals surface area (Å²) in [5.74, 6) is 1.73. The lowest BCUT2D eigenvalue weighted by atomic mass is 9.48. The topological polar surface area (TPSA) is 44.5 Å². The molecule has 2 aliphatic rings. The predicted molar refractivity (Wildman–Crippen MR) is 75.5 cm³/mol. The Morgan fingerprint density at radius 3 is 2.42 bits per heavy atom. The molecule has 0 spiro atoms. The number of nitrogens with two attached hydrogens (primary N) is 1. The van der Waals surface area contributed by atoms with E-state index in [1.54, 1.807) is 0 Å². The van der Waals surface area contributed by atoms with Gasteiger partial charge in [-0.05, 0) is 36.0 Å². The highest BCUT2D eigenvalue weighted by Crippen LogP contribution is 2.59. The minimum Gasteiger partial charge on any atom is -0.454 e. The van der Waals surface area contributed by atoms with Crippen LogP contribution in [0.15, 0.2) is 18.2 Å². The first-order valence-corrected chi connectivity index (χ1v) is 7.27. The van der Waals surface area contributed by atoms with E-state index in [1.807, 2.05) is 6.07 Å². The maximum Gasteiger partial charge on any atom is 0.231 e. The highest BCUT2D eigenvalue weighted by molar-refractivity contribution is 5.47. The molecule has 19 heavy (non-hydrogen) atoms. The zero-order chi connectivity index (χ0) is 13.5. The molecular weight excluding hydrogens is 238 g/mol. The number of benzene rings is 1. The molecule has 2 N–H and O–H groups in total. The maximum atomic E-state index is 6.10. The Bertz CT molecular complexity index is 472. The van der Waals surface area contributed by atoms with Crippen LogP contribution in [0.3, 0.4) is 0 Å². The summed E-state index contributed by atoms with van der Waals surface area (Å²) in [6.45, 7) is 5.64. The molecule has 0 aromatic heterocycles. The molecule has 3 rings (SSSR count). The van der Waals surface area contributed by atoms with Crippen molar-refractivity contribution in [1.29, 1.82) is 0 Å². The van der Waals surface area contributed by atoms with E-state index in [1.165, 1.54) is 31.2 Å². The third-order valence-electron chi connectivity index (χ3n) is 5.30. The molecule has 0 saturated heterocycles. The molecular formula is C16H23NO2. The van der Waals surface area contributed by atoms with Gasteiger partial charge in [-0.25, -0.2) is 0 Å². The summed E-state index contributed by atoms with van der Waals surface area (Å²) in [6, 6.07) is 6.31. The van der Waals surface area contributed by atoms with Gasteiger partial charge < -0.3 is 15.2 Å². The Labute approximate surface area is 115 Å². The van der Waals surface area contributed by atoms with Crippen molar-refractivity contribution in [2.75, 3.05) is 13.3 Å². The second-order valence-corrected chi connectivity index (χ2v) is 6.11. The van der Waals surface area contributed by atoms with Gasteiger partial charge >= 0.3 is 0 Å². The largest absolute Gasteiger partial charge is 0.454 e. The minimum absolute atomic E-state index is 0.146. The Kier molecular flexibility index (Phi) is 2.97. The molecule has 0 unspecified atom stereocenters. The predicted octanol–water partition coefficient (Wildman–Crippen LogP) is 3.21. The molecule has 0 atom stereocenters. The van der Waals surface area contributed by atoms with Crippen LogP contribution in [0, 0.1) is 5.41 Å². The Hall–Kier alpha value is -1.22. The summed E-state index contributed by atoms with van der Waals surface area (Å²) in [4.78, 5) is 0. The smallest absolute Gasteiger partial charge is 0.231 e. The van der Waals surface area contributed by atoms with Crippen LogP contribution >= 0.6 is 0 Å². The molecule has 1 saturated carbocycles. The van der Waals surface area contributed by atoms with Crippen LogP contribution in [0.25, 0.3) is 0 Å². The van der Waals surface area contributed by atoms with Gasteiger partial charge in [0, 0.05) is 12.0 Å². The van der Waals surface area contributed by atoms with Crippen LogP contribution in [0.5, 0.6) is 11.5 Å². The lowest BCUT2D eigenvalue weighted by Crippen LogP contribution is -2.53. The molecule has 3 nitrogen and oxygen atoms in total. The van der Waals surface area contributed by atoms with E-state index in [9.17, 15) is 0 Å². The Balaban J connectivity index is 1.88. The van der Waals surface area contributed by atoms with Crippen molar-refractivity contribution in [3.05, 3.63) is 23.8 Å². The molecule has 1 fully saturated rings. The van der Waals surface area contributed by atoms with Crippen LogP contribution in [0.2, 0.25) is 0 Å². The summed E-state index contributed by atoms with van der Waals surface area (Å²) in [5, 5.41) is 0. The average molecular weight is 261 g/mol. The fourth-order valence-electron chi connectivity index (χ4n) is 3.83. The van der Waals surface area contributed by atoms with Crippen molar-refractivity contribution >= 4 is 0 Å². The molecule has 0 radical (unpaired) electrons. The van der Waals surface area contributed by atoms with Crippen LogP contribution in [-0.4, -0.2) is 13.3 Å². The molecule has 0 amide bonds. The van der Waals surface area contributed by atoms with E-state index in [4.69, 9.17) is 15.2 Å². The number of fused-ring (bicyclic) bond motifs is 1. The van der Waals surface area contributed by atoms with Gasteiger partial charge in [0.1, 0.15) is 0 Å². The van der Waals surface area contributed by atoms with E-state index in [0.717, 1.165) is 11.5 Å². The average Bonchev–Trinajstić information content (AvgIpc) is 2.87. The Morgan fingerprint density at radius 1 is 1.11 bits per heavy atom. The quantitative estimate of drug-likeness (QED) is 0.905. The fraction of sp³-hybridized carbons (Fsp3) is 0.625. The Morgan fingerprint density at radius 2 is 1.79 bits per heavy atom. The third-order valence-corrected chi connectivity index (χ3v) is 5.30. The number of rotatable bonds is 4. The third kappa shape index (κ3) is 1.83. The van der Waals surface area contributed by atoms with E-state index >= 15 is 0 Å². The summed E-state index contributed by atoms with van der Waals surface area (Å²) >= 11 is 0. The summed E-state index contributed by atoms with van der Waals surface area (Å²) < 4.78 is 10.9. The zero-order valence-electron chi connectivity index (χ0n) is 11.9. The maximum absolute atomic E-state index is 6.10. The highest BCUT2D eigenvalue weighted by Gasteiger charge is 2.52. The van der Waals surface area contributed by atoms with Crippen molar-refractivity contribution in [2.45, 2.75) is 44.9 Å². The lowest BCUT2D eigenvalue weighted by molar-refractivity contribution is 0.0182. The van der Waals surface area contributed by atoms with Crippen molar-refractivity contribution in [3.63, 3.8) is 0 Å². The van der Waals surface area contributed by atoms with Crippen molar-refractivity contribution in [1.82, 2.24) is 0 Å². The van der Waals surface area contributed by atoms with Crippen LogP contribution in [0.1, 0.15) is 45.1 Å². The van der Waals surface area contributed by atoms with Crippen molar-refractivity contribution in [2.24, 2.45) is 11.1 Å². The second kappa shape index (κ2) is 4.41. The second-order valence-electron chi connectivity index (χ2n) is 6.11. The first kappa shape index (κ1) is 12.8. The summed E-state index contributed by atoms with van der Waals surface area (Å²) in [6.07, 6.45) is 4.89. The van der Waals surface area contributed by atoms with E-state index in [0.29, 0.717) is 18.8 Å². The van der Waals surface area contributed by atoms with Gasteiger partial charge in [0.25, 0.3) is 0 Å². The van der Waals surface area contributed by atoms with Gasteiger partial charge in [-0.1, -0.05) is 32.8 Å². The fourth-order valence-corrected chi connectivity index (χ4v) is 3.83. The first-order valence-electron chi connectivity index (χ1n) is 7.27. The number of hydrogen-bond acceptors (Lipinski definition) is 3. The van der Waals surface area contributed by atoms with Crippen molar-refractivity contribution in [3.8, 4) is 11.5 Å². The zero-order valence-corrected chi connectivity index (χ0v) is 11.9. The molecule has 1 aliphatic carbocycles. The van der Waals surface area contributed by atoms with Gasteiger partial charge in [0.15, 0.2) is 11.5 Å². The van der Waals surface area contributed by atoms with Crippen molar-refractivity contribution < 1.29 is 9.47 Å². The van der Waals surface area contributed by atoms with Gasteiger partial charge in [-0.2, -0.15) is 0 Å². The molecule has 0 bridgehead atoms. The lowest BCUT2D eigenvalue weighted by Gasteiger charge is -2.56. The summed E-state index contributed by atoms with van der Waals surface area (Å²) in [5.41, 5.74) is 8.06. The SMILES string of the molecule is CCC1(CC)CC(CN)(c2ccc3c(c2)OCO3)C1. The van der Waals surface area contributed by atoms with E-state index in [-0.39, 0.29) is 5.41 Å². The number of hydrogen-bond donors (Lipinski definition) is 1. The number of ether oxygens (including phenoxy) is 2. The van der Waals surface area contributed by atoms with E-state index in [2.05, 4.69) is 26.0 Å². The normalized spacial score (nSPS) is 22.1. The van der Waals surface area contributed by atoms with Gasteiger partial charge in [0.2, 0.25) is 6.79 Å². The molecule has 1 heterocycles. The van der Waals surface area contributed by atoms with Crippen LogP contribution in [0.4, 0.5) is 0 Å². The first-order chi connectivity index (χ1) is 9.17. The van der Waals surface area contributed by atoms with Crippen LogP contribution < -0.4 is 15.2 Å². The molecule has 3 heteroatoms. The standard InChI is InChI=1S/C16H23NO2/c1-3-15(4-2)8-16(9-15,10-17)12-5-6-13-14(7-12)19-11-18-13/h5-7H,3-4,8-11,17H2,1-2H3. The molecule has 1 aromatic carbocycles. The monoisotopic (exact) mass is 261 g/mol.